The molecule has 2 aliphatic carbocycles. The maximum atomic E-state index is 10.7. The molecule has 88 valence electrons. The highest BCUT2D eigenvalue weighted by molar-refractivity contribution is 5.10. The van der Waals surface area contributed by atoms with Crippen molar-refractivity contribution in [1.29, 1.82) is 0 Å². The third-order valence-corrected chi connectivity index (χ3v) is 5.62. The van der Waals surface area contributed by atoms with E-state index < -0.39 is 0 Å². The van der Waals surface area contributed by atoms with Crippen molar-refractivity contribution in [3.63, 3.8) is 0 Å². The molecule has 0 aromatic heterocycles. The molecule has 2 saturated carbocycles. The summed E-state index contributed by atoms with van der Waals surface area (Å²) in [6.45, 7) is 9.34. The van der Waals surface area contributed by atoms with Crippen molar-refractivity contribution in [2.24, 2.45) is 23.2 Å². The Kier molecular flexibility index (Phi) is 2.65. The van der Waals surface area contributed by atoms with Gasteiger partial charge in [-0.05, 0) is 42.4 Å². The lowest BCUT2D eigenvalue weighted by atomic mass is 9.63. The molecule has 1 N–H and O–H groups in total. The Hall–Kier alpha value is -0.0400. The van der Waals surface area contributed by atoms with Crippen LogP contribution in [-0.4, -0.2) is 10.7 Å². The van der Waals surface area contributed by atoms with E-state index in [0.717, 1.165) is 18.8 Å². The molecule has 1 nitrogen and oxygen atoms in total. The van der Waals surface area contributed by atoms with Gasteiger partial charge in [0.2, 0.25) is 0 Å². The van der Waals surface area contributed by atoms with Crippen LogP contribution in [0.3, 0.4) is 0 Å². The zero-order valence-corrected chi connectivity index (χ0v) is 10.7. The van der Waals surface area contributed by atoms with Gasteiger partial charge in [0.25, 0.3) is 0 Å². The van der Waals surface area contributed by atoms with Gasteiger partial charge >= 0.3 is 0 Å². The van der Waals surface area contributed by atoms with Crippen LogP contribution in [0.1, 0.15) is 59.8 Å². The van der Waals surface area contributed by atoms with Crippen molar-refractivity contribution in [3.8, 4) is 0 Å². The quantitative estimate of drug-likeness (QED) is 0.754. The maximum Gasteiger partial charge on any atom is 0.0681 e. The van der Waals surface area contributed by atoms with Crippen molar-refractivity contribution in [1.82, 2.24) is 0 Å². The first kappa shape index (κ1) is 11.4. The number of hydrogen-bond acceptors (Lipinski definition) is 1. The molecule has 2 fully saturated rings. The zero-order valence-electron chi connectivity index (χ0n) is 10.7. The Morgan fingerprint density at radius 1 is 1.33 bits per heavy atom. The average Bonchev–Trinajstić information content (AvgIpc) is 2.61. The second-order valence-corrected chi connectivity index (χ2v) is 6.56. The minimum Gasteiger partial charge on any atom is -0.390 e. The van der Waals surface area contributed by atoms with E-state index in [-0.39, 0.29) is 5.60 Å². The summed E-state index contributed by atoms with van der Waals surface area (Å²) >= 11 is 0. The van der Waals surface area contributed by atoms with Gasteiger partial charge < -0.3 is 5.11 Å². The van der Waals surface area contributed by atoms with Gasteiger partial charge in [-0.2, -0.15) is 0 Å². The lowest BCUT2D eigenvalue weighted by molar-refractivity contribution is -0.0740. The van der Waals surface area contributed by atoms with Crippen LogP contribution in [-0.2, 0) is 0 Å². The van der Waals surface area contributed by atoms with Crippen LogP contribution >= 0.6 is 0 Å². The van der Waals surface area contributed by atoms with Crippen LogP contribution in [0.25, 0.3) is 0 Å². The third kappa shape index (κ3) is 1.54. The van der Waals surface area contributed by atoms with Gasteiger partial charge in [-0.3, -0.25) is 0 Å². The Bertz CT molecular complexity index is 242. The highest BCUT2D eigenvalue weighted by atomic mass is 16.3. The number of fused-ring (bicyclic) bond motifs is 2. The van der Waals surface area contributed by atoms with Gasteiger partial charge in [0.05, 0.1) is 5.60 Å². The summed E-state index contributed by atoms with van der Waals surface area (Å²) in [4.78, 5) is 0. The summed E-state index contributed by atoms with van der Waals surface area (Å²) in [6.07, 6.45) is 5.76. The fraction of sp³-hybridized carbons (Fsp3) is 1.00. The molecule has 0 radical (unpaired) electrons. The standard InChI is InChI=1S/C14H26O/c1-5-6-7-14(15)9-11-8-12(14)10(2)13(11,3)4/h10-12,15H,5-9H2,1-4H3/t10-,11+,12+,14-/m0/s1. The van der Waals surface area contributed by atoms with Gasteiger partial charge in [-0.25, -0.2) is 0 Å². The van der Waals surface area contributed by atoms with Crippen LogP contribution < -0.4 is 0 Å². The fourth-order valence-corrected chi connectivity index (χ4v) is 4.08. The van der Waals surface area contributed by atoms with Crippen LogP contribution in [0.15, 0.2) is 0 Å². The van der Waals surface area contributed by atoms with Gasteiger partial charge in [0.1, 0.15) is 0 Å². The zero-order chi connectivity index (χ0) is 11.3. The summed E-state index contributed by atoms with van der Waals surface area (Å²) in [7, 11) is 0. The Balaban J connectivity index is 2.10. The number of aliphatic hydroxyl groups is 1. The molecule has 1 heteroatoms. The minimum atomic E-state index is -0.310. The van der Waals surface area contributed by atoms with Crippen LogP contribution in [0.4, 0.5) is 0 Å². The molecule has 0 aromatic rings. The van der Waals surface area contributed by atoms with E-state index >= 15 is 0 Å². The van der Waals surface area contributed by atoms with E-state index in [4.69, 9.17) is 0 Å². The summed E-state index contributed by atoms with van der Waals surface area (Å²) in [6, 6.07) is 0. The SMILES string of the molecule is CCCC[C@]1(O)C[C@H]2C[C@@H]1[C@H](C)C2(C)C. The van der Waals surface area contributed by atoms with Crippen LogP contribution in [0.2, 0.25) is 0 Å². The third-order valence-electron chi connectivity index (χ3n) is 5.62. The average molecular weight is 210 g/mol. The lowest BCUT2D eigenvalue weighted by Gasteiger charge is -2.44. The van der Waals surface area contributed by atoms with Gasteiger partial charge in [-0.15, -0.1) is 0 Å². The van der Waals surface area contributed by atoms with Crippen molar-refractivity contribution in [3.05, 3.63) is 0 Å². The highest BCUT2D eigenvalue weighted by Crippen LogP contribution is 2.63. The van der Waals surface area contributed by atoms with E-state index in [1.165, 1.54) is 19.3 Å². The molecule has 2 bridgehead atoms. The molecule has 0 aromatic carbocycles. The first-order valence-corrected chi connectivity index (χ1v) is 6.64. The summed E-state index contributed by atoms with van der Waals surface area (Å²) < 4.78 is 0. The van der Waals surface area contributed by atoms with Crippen LogP contribution in [0, 0.1) is 23.2 Å². The second kappa shape index (κ2) is 3.48. The van der Waals surface area contributed by atoms with E-state index in [1.54, 1.807) is 0 Å². The number of unbranched alkanes of at least 4 members (excludes halogenated alkanes) is 1. The number of hydrogen-bond donors (Lipinski definition) is 1. The summed E-state index contributed by atoms with van der Waals surface area (Å²) in [5.41, 5.74) is 0.152. The molecule has 0 spiro atoms. The van der Waals surface area contributed by atoms with E-state index in [1.807, 2.05) is 0 Å². The lowest BCUT2D eigenvalue weighted by Crippen LogP contribution is -2.44. The van der Waals surface area contributed by atoms with E-state index in [2.05, 4.69) is 27.7 Å². The molecule has 0 aliphatic heterocycles. The predicted molar refractivity (Wildman–Crippen MR) is 63.6 cm³/mol. The smallest absolute Gasteiger partial charge is 0.0681 e. The molecular weight excluding hydrogens is 184 g/mol. The topological polar surface area (TPSA) is 20.2 Å². The molecular formula is C14H26O. The molecule has 2 rings (SSSR count). The first-order valence-electron chi connectivity index (χ1n) is 6.64. The predicted octanol–water partition coefficient (Wildman–Crippen LogP) is 3.61. The highest BCUT2D eigenvalue weighted by Gasteiger charge is 2.60. The van der Waals surface area contributed by atoms with Gasteiger partial charge in [0.15, 0.2) is 0 Å². The fourth-order valence-electron chi connectivity index (χ4n) is 4.08. The summed E-state index contributed by atoms with van der Waals surface area (Å²) in [5, 5.41) is 10.7. The first-order chi connectivity index (χ1) is 6.92. The second-order valence-electron chi connectivity index (χ2n) is 6.56. The molecule has 4 atom stereocenters. The Morgan fingerprint density at radius 3 is 2.47 bits per heavy atom. The van der Waals surface area contributed by atoms with Gasteiger partial charge in [0, 0.05) is 0 Å². The van der Waals surface area contributed by atoms with Crippen molar-refractivity contribution in [2.45, 2.75) is 65.4 Å². The molecule has 0 unspecified atom stereocenters. The number of rotatable bonds is 3. The molecule has 0 saturated heterocycles. The van der Waals surface area contributed by atoms with Crippen molar-refractivity contribution in [2.75, 3.05) is 0 Å². The largest absolute Gasteiger partial charge is 0.390 e. The van der Waals surface area contributed by atoms with Crippen LogP contribution in [0.5, 0.6) is 0 Å². The van der Waals surface area contributed by atoms with Gasteiger partial charge in [-0.1, -0.05) is 40.5 Å². The maximum absolute atomic E-state index is 10.7. The summed E-state index contributed by atoms with van der Waals surface area (Å²) in [5.74, 6) is 2.03. The Labute approximate surface area is 94.3 Å². The van der Waals surface area contributed by atoms with Crippen molar-refractivity contribution < 1.29 is 5.11 Å². The van der Waals surface area contributed by atoms with E-state index in [0.29, 0.717) is 17.3 Å². The molecule has 15 heavy (non-hydrogen) atoms. The molecule has 2 aliphatic rings. The monoisotopic (exact) mass is 210 g/mol. The Morgan fingerprint density at radius 2 is 2.00 bits per heavy atom. The normalized spacial score (nSPS) is 47.4. The van der Waals surface area contributed by atoms with E-state index in [9.17, 15) is 5.11 Å². The van der Waals surface area contributed by atoms with Crippen molar-refractivity contribution >= 4 is 0 Å². The molecule has 0 amide bonds. The minimum absolute atomic E-state index is 0.310. The molecule has 0 heterocycles.